The lowest BCUT2D eigenvalue weighted by atomic mass is 9.95. The van der Waals surface area contributed by atoms with Gasteiger partial charge in [-0.2, -0.15) is 13.2 Å². The molecule has 1 unspecified atom stereocenters. The summed E-state index contributed by atoms with van der Waals surface area (Å²) in [5, 5.41) is 2.24. The van der Waals surface area contributed by atoms with Crippen molar-refractivity contribution >= 4 is 29.0 Å². The van der Waals surface area contributed by atoms with Crippen LogP contribution in [-0.4, -0.2) is 11.7 Å². The lowest BCUT2D eigenvalue weighted by molar-refractivity contribution is -0.137. The molecule has 154 valence electrons. The highest BCUT2D eigenvalue weighted by molar-refractivity contribution is 6.30. The van der Waals surface area contributed by atoms with E-state index in [2.05, 4.69) is 5.32 Å². The molecule has 1 atom stereocenters. The quantitative estimate of drug-likeness (QED) is 0.479. The molecule has 1 N–H and O–H groups in total. The zero-order chi connectivity index (χ0) is 21.9. The second-order valence-corrected chi connectivity index (χ2v) is 7.16. The van der Waals surface area contributed by atoms with Crippen molar-refractivity contribution in [2.24, 2.45) is 0 Å². The van der Waals surface area contributed by atoms with Crippen molar-refractivity contribution in [3.63, 3.8) is 0 Å². The molecule has 0 aliphatic carbocycles. The summed E-state index contributed by atoms with van der Waals surface area (Å²) in [5.74, 6) is -1.63. The molecule has 0 fully saturated rings. The predicted octanol–water partition coefficient (Wildman–Crippen LogP) is 6.33. The van der Waals surface area contributed by atoms with E-state index < -0.39 is 23.6 Å². The molecule has 0 aliphatic rings. The van der Waals surface area contributed by atoms with Crippen LogP contribution in [0.25, 0.3) is 0 Å². The zero-order valence-electron chi connectivity index (χ0n) is 15.8. The summed E-state index contributed by atoms with van der Waals surface area (Å²) in [5.41, 5.74) is 0.00388. The molecule has 7 heteroatoms. The molecule has 0 aliphatic heterocycles. The summed E-state index contributed by atoms with van der Waals surface area (Å²) in [6, 6.07) is 18.3. The largest absolute Gasteiger partial charge is 0.418 e. The molecule has 3 aromatic rings. The molecular formula is C23H17ClF3NO2. The fourth-order valence-corrected chi connectivity index (χ4v) is 3.13. The molecule has 0 saturated carbocycles. The number of halogens is 4. The van der Waals surface area contributed by atoms with Gasteiger partial charge in [-0.3, -0.25) is 9.59 Å². The van der Waals surface area contributed by atoms with E-state index in [9.17, 15) is 22.8 Å². The maximum absolute atomic E-state index is 13.3. The second kappa shape index (κ2) is 8.71. The van der Waals surface area contributed by atoms with Crippen molar-refractivity contribution in [3.8, 4) is 0 Å². The van der Waals surface area contributed by atoms with E-state index >= 15 is 0 Å². The van der Waals surface area contributed by atoms with E-state index in [-0.39, 0.29) is 16.5 Å². The standard InChI is InChI=1S/C23H17ClF3NO2/c1-14(22(30)28-20-11-10-18(24)13-19(20)23(25,26)27)16-8-5-9-17(12-16)21(29)15-6-3-2-4-7-15/h2-14H,1H3,(H,28,30). The van der Waals surface area contributed by atoms with Gasteiger partial charge in [0.05, 0.1) is 17.2 Å². The summed E-state index contributed by atoms with van der Waals surface area (Å²) in [4.78, 5) is 25.3. The topological polar surface area (TPSA) is 46.2 Å². The monoisotopic (exact) mass is 431 g/mol. The number of carbonyl (C=O) groups is 2. The average molecular weight is 432 g/mol. The van der Waals surface area contributed by atoms with Gasteiger partial charge < -0.3 is 5.32 Å². The third-order valence-corrected chi connectivity index (χ3v) is 4.86. The van der Waals surface area contributed by atoms with Crippen LogP contribution in [-0.2, 0) is 11.0 Å². The zero-order valence-corrected chi connectivity index (χ0v) is 16.6. The molecule has 0 saturated heterocycles. The number of alkyl halides is 3. The summed E-state index contributed by atoms with van der Waals surface area (Å²) in [6.45, 7) is 1.56. The van der Waals surface area contributed by atoms with E-state index in [1.165, 1.54) is 6.07 Å². The molecule has 0 bridgehead atoms. The fourth-order valence-electron chi connectivity index (χ4n) is 2.96. The number of hydrogen-bond acceptors (Lipinski definition) is 2. The van der Waals surface area contributed by atoms with Gasteiger partial charge in [-0.25, -0.2) is 0 Å². The third kappa shape index (κ3) is 4.89. The van der Waals surface area contributed by atoms with Crippen molar-refractivity contribution in [1.29, 1.82) is 0 Å². The molecule has 1 amide bonds. The first-order valence-electron chi connectivity index (χ1n) is 9.04. The Balaban J connectivity index is 1.83. The van der Waals surface area contributed by atoms with Gasteiger partial charge in [0.25, 0.3) is 0 Å². The maximum atomic E-state index is 13.3. The molecular weight excluding hydrogens is 415 g/mol. The molecule has 0 spiro atoms. The number of ketones is 1. The number of carbonyl (C=O) groups excluding carboxylic acids is 2. The van der Waals surface area contributed by atoms with E-state index in [1.807, 2.05) is 0 Å². The van der Waals surface area contributed by atoms with Crippen LogP contribution in [0.3, 0.4) is 0 Å². The Bertz CT molecular complexity index is 1080. The van der Waals surface area contributed by atoms with Gasteiger partial charge >= 0.3 is 6.18 Å². The molecule has 3 rings (SSSR count). The van der Waals surface area contributed by atoms with Crippen molar-refractivity contribution < 1.29 is 22.8 Å². The van der Waals surface area contributed by atoms with Crippen molar-refractivity contribution in [3.05, 3.63) is 100 Å². The lowest BCUT2D eigenvalue weighted by Crippen LogP contribution is -2.21. The average Bonchev–Trinajstić information content (AvgIpc) is 2.73. The Kier molecular flexibility index (Phi) is 6.27. The van der Waals surface area contributed by atoms with E-state index in [0.717, 1.165) is 12.1 Å². The highest BCUT2D eigenvalue weighted by Crippen LogP contribution is 2.37. The van der Waals surface area contributed by atoms with E-state index in [1.54, 1.807) is 61.5 Å². The van der Waals surface area contributed by atoms with Crippen molar-refractivity contribution in [2.45, 2.75) is 19.0 Å². The van der Waals surface area contributed by atoms with Crippen LogP contribution in [0.5, 0.6) is 0 Å². The summed E-state index contributed by atoms with van der Waals surface area (Å²) >= 11 is 5.67. The van der Waals surface area contributed by atoms with Crippen LogP contribution < -0.4 is 5.32 Å². The van der Waals surface area contributed by atoms with Crippen LogP contribution >= 0.6 is 11.6 Å². The molecule has 0 aromatic heterocycles. The Morgan fingerprint density at radius 2 is 1.57 bits per heavy atom. The lowest BCUT2D eigenvalue weighted by Gasteiger charge is -2.17. The Morgan fingerprint density at radius 3 is 2.23 bits per heavy atom. The first kappa shape index (κ1) is 21.6. The number of benzene rings is 3. The van der Waals surface area contributed by atoms with Crippen LogP contribution in [0, 0.1) is 0 Å². The Hall–Kier alpha value is -3.12. The number of anilines is 1. The number of rotatable bonds is 5. The highest BCUT2D eigenvalue weighted by Gasteiger charge is 2.34. The SMILES string of the molecule is CC(C(=O)Nc1ccc(Cl)cc1C(F)(F)F)c1cccc(C(=O)c2ccccc2)c1. The fraction of sp³-hybridized carbons (Fsp3) is 0.130. The minimum atomic E-state index is -4.67. The number of nitrogens with one attached hydrogen (secondary N) is 1. The minimum Gasteiger partial charge on any atom is -0.325 e. The van der Waals surface area contributed by atoms with Gasteiger partial charge in [-0.1, -0.05) is 60.1 Å². The van der Waals surface area contributed by atoms with Gasteiger partial charge in [0.2, 0.25) is 5.91 Å². The molecule has 30 heavy (non-hydrogen) atoms. The first-order chi connectivity index (χ1) is 14.2. The number of amides is 1. The molecule has 0 heterocycles. The summed E-state index contributed by atoms with van der Waals surface area (Å²) in [7, 11) is 0. The van der Waals surface area contributed by atoms with E-state index in [4.69, 9.17) is 11.6 Å². The van der Waals surface area contributed by atoms with Gasteiger partial charge in [0.1, 0.15) is 0 Å². The smallest absolute Gasteiger partial charge is 0.325 e. The van der Waals surface area contributed by atoms with Crippen LogP contribution in [0.15, 0.2) is 72.8 Å². The predicted molar refractivity (Wildman–Crippen MR) is 110 cm³/mol. The minimum absolute atomic E-state index is 0.0829. The third-order valence-electron chi connectivity index (χ3n) is 4.62. The normalized spacial score (nSPS) is 12.3. The van der Waals surface area contributed by atoms with Gasteiger partial charge in [-0.15, -0.1) is 0 Å². The summed E-state index contributed by atoms with van der Waals surface area (Å²) in [6.07, 6.45) is -4.67. The van der Waals surface area contributed by atoms with Gasteiger partial charge in [0, 0.05) is 16.1 Å². The Morgan fingerprint density at radius 1 is 0.900 bits per heavy atom. The van der Waals surface area contributed by atoms with Crippen molar-refractivity contribution in [1.82, 2.24) is 0 Å². The molecule has 3 nitrogen and oxygen atoms in total. The highest BCUT2D eigenvalue weighted by atomic mass is 35.5. The van der Waals surface area contributed by atoms with Gasteiger partial charge in [-0.05, 0) is 36.8 Å². The van der Waals surface area contributed by atoms with Crippen LogP contribution in [0.1, 0.15) is 39.9 Å². The summed E-state index contributed by atoms with van der Waals surface area (Å²) < 4.78 is 39.8. The number of hydrogen-bond donors (Lipinski definition) is 1. The van der Waals surface area contributed by atoms with Crippen molar-refractivity contribution in [2.75, 3.05) is 5.32 Å². The van der Waals surface area contributed by atoms with Crippen LogP contribution in [0.4, 0.5) is 18.9 Å². The molecule has 0 radical (unpaired) electrons. The second-order valence-electron chi connectivity index (χ2n) is 6.72. The maximum Gasteiger partial charge on any atom is 0.418 e. The first-order valence-corrected chi connectivity index (χ1v) is 9.42. The van der Waals surface area contributed by atoms with Gasteiger partial charge in [0.15, 0.2) is 5.78 Å². The Labute approximate surface area is 176 Å². The van der Waals surface area contributed by atoms with E-state index in [0.29, 0.717) is 16.7 Å². The molecule has 3 aromatic carbocycles. The van der Waals surface area contributed by atoms with Crippen LogP contribution in [0.2, 0.25) is 5.02 Å².